The quantitative estimate of drug-likeness (QED) is 0.798. The van der Waals surface area contributed by atoms with Crippen molar-refractivity contribution in [3.63, 3.8) is 0 Å². The van der Waals surface area contributed by atoms with E-state index in [-0.39, 0.29) is 17.9 Å². The van der Waals surface area contributed by atoms with Gasteiger partial charge >= 0.3 is 0 Å². The molecule has 0 saturated carbocycles. The maximum Gasteiger partial charge on any atom is 0.255 e. The maximum absolute atomic E-state index is 12.7. The molecule has 6 nitrogen and oxygen atoms in total. The highest BCUT2D eigenvalue weighted by Gasteiger charge is 2.17. The molecule has 0 bridgehead atoms. The zero-order valence-electron chi connectivity index (χ0n) is 15.4. The topological polar surface area (TPSA) is 76.7 Å². The summed E-state index contributed by atoms with van der Waals surface area (Å²) in [7, 11) is 0. The van der Waals surface area contributed by atoms with Crippen molar-refractivity contribution in [3.05, 3.63) is 48.0 Å². The van der Waals surface area contributed by atoms with Gasteiger partial charge in [0.25, 0.3) is 5.91 Å². The number of ether oxygens (including phenoxy) is 2. The second-order valence-electron chi connectivity index (χ2n) is 6.79. The lowest BCUT2D eigenvalue weighted by Crippen LogP contribution is -2.16. The van der Waals surface area contributed by atoms with Crippen LogP contribution < -0.4 is 15.4 Å². The van der Waals surface area contributed by atoms with Crippen molar-refractivity contribution >= 4 is 35.0 Å². The first-order chi connectivity index (χ1) is 13.7. The average molecular weight is 398 g/mol. The Morgan fingerprint density at radius 1 is 1.29 bits per heavy atom. The second kappa shape index (κ2) is 8.67. The van der Waals surface area contributed by atoms with Gasteiger partial charge in [0, 0.05) is 41.0 Å². The number of hydrogen-bond donors (Lipinski definition) is 2. The zero-order chi connectivity index (χ0) is 19.3. The molecule has 28 heavy (non-hydrogen) atoms. The third-order valence-electron chi connectivity index (χ3n) is 4.65. The van der Waals surface area contributed by atoms with E-state index < -0.39 is 0 Å². The molecule has 2 heterocycles. The van der Waals surface area contributed by atoms with Crippen LogP contribution in [0.25, 0.3) is 0 Å². The van der Waals surface area contributed by atoms with Crippen LogP contribution in [-0.4, -0.2) is 36.9 Å². The second-order valence-corrected chi connectivity index (χ2v) is 7.92. The van der Waals surface area contributed by atoms with Gasteiger partial charge in [-0.25, -0.2) is 0 Å². The fourth-order valence-corrected chi connectivity index (χ4v) is 4.13. The monoisotopic (exact) mass is 398 g/mol. The first kappa shape index (κ1) is 18.8. The van der Waals surface area contributed by atoms with Crippen molar-refractivity contribution in [1.29, 1.82) is 0 Å². The smallest absolute Gasteiger partial charge is 0.255 e. The van der Waals surface area contributed by atoms with E-state index >= 15 is 0 Å². The van der Waals surface area contributed by atoms with Crippen LogP contribution in [0.3, 0.4) is 0 Å². The highest BCUT2D eigenvalue weighted by molar-refractivity contribution is 7.99. The van der Waals surface area contributed by atoms with Crippen molar-refractivity contribution < 1.29 is 19.1 Å². The van der Waals surface area contributed by atoms with Gasteiger partial charge < -0.3 is 20.1 Å². The summed E-state index contributed by atoms with van der Waals surface area (Å²) >= 11 is 1.61. The van der Waals surface area contributed by atoms with E-state index in [4.69, 9.17) is 9.47 Å². The van der Waals surface area contributed by atoms with Gasteiger partial charge in [-0.05, 0) is 43.2 Å². The van der Waals surface area contributed by atoms with E-state index in [0.29, 0.717) is 35.7 Å². The minimum atomic E-state index is -0.234. The van der Waals surface area contributed by atoms with E-state index in [1.54, 1.807) is 30.0 Å². The van der Waals surface area contributed by atoms with E-state index in [0.717, 1.165) is 30.1 Å². The third-order valence-corrected chi connectivity index (χ3v) is 5.73. The number of carbonyl (C=O) groups is 2. The lowest BCUT2D eigenvalue weighted by molar-refractivity contribution is -0.115. The predicted octanol–water partition coefficient (Wildman–Crippen LogP) is 3.93. The van der Waals surface area contributed by atoms with Crippen molar-refractivity contribution in [2.75, 3.05) is 29.6 Å². The fraction of sp³-hybridized carbons (Fsp3) is 0.333. The van der Waals surface area contributed by atoms with Gasteiger partial charge in [-0.2, -0.15) is 0 Å². The molecule has 0 radical (unpaired) electrons. The molecule has 2 N–H and O–H groups in total. The van der Waals surface area contributed by atoms with Gasteiger partial charge in [-0.3, -0.25) is 9.59 Å². The molecule has 0 unspecified atom stereocenters. The Hall–Kier alpha value is -2.51. The van der Waals surface area contributed by atoms with Crippen LogP contribution >= 0.6 is 11.8 Å². The summed E-state index contributed by atoms with van der Waals surface area (Å²) in [6.45, 7) is 1.31. The molecular formula is C21H22N2O4S. The summed E-state index contributed by atoms with van der Waals surface area (Å²) in [5.74, 6) is 1.17. The fourth-order valence-electron chi connectivity index (χ4n) is 3.19. The summed E-state index contributed by atoms with van der Waals surface area (Å²) in [5, 5.41) is 5.75. The standard InChI is InChI=1S/C21H22N2O4S/c24-20-8-10-28-19-7-6-14(11-18(19)23-20)21(25)22-15-3-1-4-16(12-15)27-13-17-5-2-9-26-17/h1,3-4,6-7,11-12,17H,2,5,8-10,13H2,(H,22,25)(H,23,24)/t17-/m1/s1. The average Bonchev–Trinajstić information content (AvgIpc) is 3.14. The van der Waals surface area contributed by atoms with Gasteiger partial charge in [0.2, 0.25) is 5.91 Å². The number of benzene rings is 2. The maximum atomic E-state index is 12.7. The van der Waals surface area contributed by atoms with Crippen LogP contribution in [0.5, 0.6) is 5.75 Å². The van der Waals surface area contributed by atoms with Gasteiger partial charge in [0.1, 0.15) is 12.4 Å². The van der Waals surface area contributed by atoms with Crippen LogP contribution in [0.1, 0.15) is 29.6 Å². The third kappa shape index (κ3) is 4.66. The molecule has 1 atom stereocenters. The molecule has 2 aliphatic rings. The van der Waals surface area contributed by atoms with Crippen LogP contribution in [0, 0.1) is 0 Å². The highest BCUT2D eigenvalue weighted by atomic mass is 32.2. The molecule has 0 spiro atoms. The predicted molar refractivity (Wildman–Crippen MR) is 109 cm³/mol. The highest BCUT2D eigenvalue weighted by Crippen LogP contribution is 2.31. The Bertz CT molecular complexity index is 880. The summed E-state index contributed by atoms with van der Waals surface area (Å²) < 4.78 is 11.4. The number of fused-ring (bicyclic) bond motifs is 1. The molecule has 1 fully saturated rings. The molecule has 146 valence electrons. The molecular weight excluding hydrogens is 376 g/mol. The summed E-state index contributed by atoms with van der Waals surface area (Å²) in [4.78, 5) is 25.4. The molecule has 7 heteroatoms. The Balaban J connectivity index is 1.42. The molecule has 0 aliphatic carbocycles. The number of hydrogen-bond acceptors (Lipinski definition) is 5. The summed E-state index contributed by atoms with van der Waals surface area (Å²) in [6, 6.07) is 12.7. The lowest BCUT2D eigenvalue weighted by atomic mass is 10.1. The summed E-state index contributed by atoms with van der Waals surface area (Å²) in [5.41, 5.74) is 1.84. The van der Waals surface area contributed by atoms with Gasteiger partial charge in [-0.15, -0.1) is 11.8 Å². The Morgan fingerprint density at radius 2 is 2.21 bits per heavy atom. The van der Waals surface area contributed by atoms with Crippen molar-refractivity contribution in [2.24, 2.45) is 0 Å². The number of carbonyl (C=O) groups excluding carboxylic acids is 2. The number of thioether (sulfide) groups is 1. The molecule has 2 aromatic carbocycles. The van der Waals surface area contributed by atoms with E-state index in [1.165, 1.54) is 0 Å². The number of nitrogens with one attached hydrogen (secondary N) is 2. The van der Waals surface area contributed by atoms with E-state index in [9.17, 15) is 9.59 Å². The van der Waals surface area contributed by atoms with Gasteiger partial charge in [0.05, 0.1) is 11.8 Å². The SMILES string of the molecule is O=C1CCSc2ccc(C(=O)Nc3cccc(OC[C@H]4CCCO4)c3)cc2N1. The molecule has 2 aromatic rings. The van der Waals surface area contributed by atoms with Crippen LogP contribution in [-0.2, 0) is 9.53 Å². The van der Waals surface area contributed by atoms with Gasteiger partial charge in [0.15, 0.2) is 0 Å². The molecule has 2 aliphatic heterocycles. The Kier molecular flexibility index (Phi) is 5.83. The minimum absolute atomic E-state index is 0.0279. The number of anilines is 2. The van der Waals surface area contributed by atoms with Crippen LogP contribution in [0.2, 0.25) is 0 Å². The normalized spacial score (nSPS) is 18.7. The molecule has 1 saturated heterocycles. The number of amides is 2. The minimum Gasteiger partial charge on any atom is -0.491 e. The first-order valence-electron chi connectivity index (χ1n) is 9.40. The first-order valence-corrected chi connectivity index (χ1v) is 10.4. The van der Waals surface area contributed by atoms with Crippen molar-refractivity contribution in [2.45, 2.75) is 30.3 Å². The van der Waals surface area contributed by atoms with Crippen LogP contribution in [0.4, 0.5) is 11.4 Å². The zero-order valence-corrected chi connectivity index (χ0v) is 16.2. The Morgan fingerprint density at radius 3 is 3.07 bits per heavy atom. The lowest BCUT2D eigenvalue weighted by Gasteiger charge is -2.13. The van der Waals surface area contributed by atoms with E-state index in [2.05, 4.69) is 10.6 Å². The van der Waals surface area contributed by atoms with Crippen molar-refractivity contribution in [1.82, 2.24) is 0 Å². The summed E-state index contributed by atoms with van der Waals surface area (Å²) in [6.07, 6.45) is 2.71. The van der Waals surface area contributed by atoms with E-state index in [1.807, 2.05) is 24.3 Å². The molecule has 0 aromatic heterocycles. The largest absolute Gasteiger partial charge is 0.491 e. The molecule has 4 rings (SSSR count). The number of rotatable bonds is 5. The molecule has 2 amide bonds. The Labute approximate surface area is 168 Å². The van der Waals surface area contributed by atoms with Gasteiger partial charge in [-0.1, -0.05) is 6.07 Å². The van der Waals surface area contributed by atoms with Crippen molar-refractivity contribution in [3.8, 4) is 5.75 Å². The van der Waals surface area contributed by atoms with Crippen LogP contribution in [0.15, 0.2) is 47.4 Å².